The van der Waals surface area contributed by atoms with Gasteiger partial charge in [-0.15, -0.1) is 0 Å². The van der Waals surface area contributed by atoms with Crippen LogP contribution in [0.5, 0.6) is 0 Å². The SMILES string of the molecule is Cc1cccnc1NC(=O)C=O. The molecule has 0 radical (unpaired) electrons. The molecule has 1 aromatic heterocycles. The quantitative estimate of drug-likeness (QED) is 0.512. The maximum atomic E-state index is 10.6. The zero-order chi connectivity index (χ0) is 8.97. The number of aromatic nitrogens is 1. The standard InChI is InChI=1S/C8H8N2O2/c1-6-3-2-4-9-8(6)10-7(12)5-11/h2-5H,1H3,(H,9,10,12). The van der Waals surface area contributed by atoms with Crippen LogP contribution >= 0.6 is 0 Å². The summed E-state index contributed by atoms with van der Waals surface area (Å²) in [4.78, 5) is 24.5. The molecule has 0 aromatic carbocycles. The summed E-state index contributed by atoms with van der Waals surface area (Å²) >= 11 is 0. The molecule has 1 N–H and O–H groups in total. The summed E-state index contributed by atoms with van der Waals surface area (Å²) in [6.45, 7) is 1.80. The van der Waals surface area contributed by atoms with E-state index in [4.69, 9.17) is 0 Å². The predicted molar refractivity (Wildman–Crippen MR) is 43.7 cm³/mol. The second kappa shape index (κ2) is 3.61. The monoisotopic (exact) mass is 164 g/mol. The lowest BCUT2D eigenvalue weighted by molar-refractivity contribution is -0.127. The van der Waals surface area contributed by atoms with E-state index in [0.717, 1.165) is 5.56 Å². The minimum Gasteiger partial charge on any atom is -0.304 e. The van der Waals surface area contributed by atoms with Gasteiger partial charge in [-0.3, -0.25) is 9.59 Å². The summed E-state index contributed by atoms with van der Waals surface area (Å²) in [5.74, 6) is -0.258. The number of nitrogens with one attached hydrogen (secondary N) is 1. The van der Waals surface area contributed by atoms with Gasteiger partial charge >= 0.3 is 0 Å². The Morgan fingerprint density at radius 1 is 1.67 bits per heavy atom. The number of carbonyl (C=O) groups excluding carboxylic acids is 2. The van der Waals surface area contributed by atoms with E-state index in [-0.39, 0.29) is 6.29 Å². The van der Waals surface area contributed by atoms with Gasteiger partial charge < -0.3 is 5.32 Å². The van der Waals surface area contributed by atoms with E-state index in [9.17, 15) is 9.59 Å². The van der Waals surface area contributed by atoms with E-state index in [0.29, 0.717) is 5.82 Å². The Balaban J connectivity index is 2.82. The van der Waals surface area contributed by atoms with Crippen molar-refractivity contribution < 1.29 is 9.59 Å². The summed E-state index contributed by atoms with van der Waals surface area (Å²) in [6, 6.07) is 3.55. The topological polar surface area (TPSA) is 59.1 Å². The van der Waals surface area contributed by atoms with E-state index >= 15 is 0 Å². The van der Waals surface area contributed by atoms with Gasteiger partial charge in [0, 0.05) is 6.20 Å². The second-order valence-corrected chi connectivity index (χ2v) is 2.28. The fourth-order valence-corrected chi connectivity index (χ4v) is 0.763. The van der Waals surface area contributed by atoms with E-state index in [1.807, 2.05) is 0 Å². The van der Waals surface area contributed by atoms with Crippen LogP contribution in [0.1, 0.15) is 5.56 Å². The number of nitrogens with zero attached hydrogens (tertiary/aromatic N) is 1. The van der Waals surface area contributed by atoms with Gasteiger partial charge in [-0.05, 0) is 18.6 Å². The van der Waals surface area contributed by atoms with Crippen molar-refractivity contribution in [3.63, 3.8) is 0 Å². The van der Waals surface area contributed by atoms with Crippen molar-refractivity contribution in [2.75, 3.05) is 5.32 Å². The Labute approximate surface area is 69.6 Å². The Bertz CT molecular complexity index is 310. The van der Waals surface area contributed by atoms with E-state index in [1.54, 1.807) is 25.3 Å². The lowest BCUT2D eigenvalue weighted by Gasteiger charge is -2.01. The van der Waals surface area contributed by atoms with Crippen LogP contribution in [-0.4, -0.2) is 17.2 Å². The largest absolute Gasteiger partial charge is 0.304 e. The first-order valence-electron chi connectivity index (χ1n) is 3.42. The third-order valence-electron chi connectivity index (χ3n) is 1.36. The third-order valence-corrected chi connectivity index (χ3v) is 1.36. The van der Waals surface area contributed by atoms with Gasteiger partial charge in [0.1, 0.15) is 5.82 Å². The van der Waals surface area contributed by atoms with Crippen LogP contribution in [0.15, 0.2) is 18.3 Å². The molecule has 62 valence electrons. The highest BCUT2D eigenvalue weighted by molar-refractivity contribution is 6.29. The van der Waals surface area contributed by atoms with Crippen LogP contribution in [0.3, 0.4) is 0 Å². The van der Waals surface area contributed by atoms with Gasteiger partial charge in [0.2, 0.25) is 6.29 Å². The van der Waals surface area contributed by atoms with E-state index in [2.05, 4.69) is 10.3 Å². The molecule has 0 saturated heterocycles. The molecule has 1 heterocycles. The fraction of sp³-hybridized carbons (Fsp3) is 0.125. The molecule has 0 aliphatic carbocycles. The lowest BCUT2D eigenvalue weighted by Crippen LogP contribution is -2.14. The van der Waals surface area contributed by atoms with Crippen LogP contribution < -0.4 is 5.32 Å². The summed E-state index contributed by atoms with van der Waals surface area (Å²) in [7, 11) is 0. The predicted octanol–water partition coefficient (Wildman–Crippen LogP) is 0.527. The maximum absolute atomic E-state index is 10.6. The number of hydrogen-bond acceptors (Lipinski definition) is 3. The zero-order valence-electron chi connectivity index (χ0n) is 6.57. The zero-order valence-corrected chi connectivity index (χ0v) is 6.57. The number of aldehydes is 1. The lowest BCUT2D eigenvalue weighted by atomic mass is 10.3. The van der Waals surface area contributed by atoms with Crippen LogP contribution in [-0.2, 0) is 9.59 Å². The highest BCUT2D eigenvalue weighted by Gasteiger charge is 2.01. The van der Waals surface area contributed by atoms with Gasteiger partial charge in [0.15, 0.2) is 0 Å². The Morgan fingerprint density at radius 2 is 2.42 bits per heavy atom. The van der Waals surface area contributed by atoms with Crippen LogP contribution in [0.4, 0.5) is 5.82 Å². The normalized spacial score (nSPS) is 9.08. The first-order valence-corrected chi connectivity index (χ1v) is 3.42. The number of hydrogen-bond donors (Lipinski definition) is 1. The van der Waals surface area contributed by atoms with E-state index < -0.39 is 5.91 Å². The minimum absolute atomic E-state index is 0.216. The van der Waals surface area contributed by atoms with Gasteiger partial charge in [0.05, 0.1) is 0 Å². The first-order chi connectivity index (χ1) is 5.74. The molecule has 0 spiro atoms. The number of amides is 1. The van der Waals surface area contributed by atoms with Gasteiger partial charge in [0.25, 0.3) is 5.91 Å². The molecule has 1 aromatic rings. The maximum Gasteiger partial charge on any atom is 0.289 e. The van der Waals surface area contributed by atoms with Crippen molar-refractivity contribution in [1.29, 1.82) is 0 Å². The molecule has 1 amide bonds. The molecule has 4 nitrogen and oxygen atoms in total. The number of rotatable bonds is 2. The Morgan fingerprint density at radius 3 is 3.00 bits per heavy atom. The smallest absolute Gasteiger partial charge is 0.289 e. The van der Waals surface area contributed by atoms with Gasteiger partial charge in [-0.2, -0.15) is 0 Å². The van der Waals surface area contributed by atoms with Crippen molar-refractivity contribution in [2.45, 2.75) is 6.92 Å². The Kier molecular flexibility index (Phi) is 2.53. The van der Waals surface area contributed by atoms with Crippen molar-refractivity contribution in [3.8, 4) is 0 Å². The van der Waals surface area contributed by atoms with Crippen molar-refractivity contribution in [2.24, 2.45) is 0 Å². The van der Waals surface area contributed by atoms with Gasteiger partial charge in [-0.25, -0.2) is 4.98 Å². The summed E-state index contributed by atoms with van der Waals surface area (Å²) in [5.41, 5.74) is 0.827. The van der Waals surface area contributed by atoms with Crippen molar-refractivity contribution in [1.82, 2.24) is 4.98 Å². The van der Waals surface area contributed by atoms with E-state index in [1.165, 1.54) is 0 Å². The minimum atomic E-state index is -0.684. The molecule has 4 heteroatoms. The molecular weight excluding hydrogens is 156 g/mol. The molecule has 0 saturated carbocycles. The number of carbonyl (C=O) groups is 2. The first kappa shape index (κ1) is 8.39. The highest BCUT2D eigenvalue weighted by atomic mass is 16.2. The average Bonchev–Trinajstić information content (AvgIpc) is 2.09. The molecule has 0 atom stereocenters. The molecule has 0 fully saturated rings. The molecule has 1 rings (SSSR count). The number of pyridine rings is 1. The van der Waals surface area contributed by atoms with Crippen molar-refractivity contribution in [3.05, 3.63) is 23.9 Å². The highest BCUT2D eigenvalue weighted by Crippen LogP contribution is 2.07. The summed E-state index contributed by atoms with van der Waals surface area (Å²) < 4.78 is 0. The molecule has 0 aliphatic heterocycles. The Hall–Kier alpha value is -1.71. The third kappa shape index (κ3) is 1.88. The van der Waals surface area contributed by atoms with Crippen molar-refractivity contribution >= 4 is 18.0 Å². The summed E-state index contributed by atoms with van der Waals surface area (Å²) in [5, 5.41) is 2.34. The average molecular weight is 164 g/mol. The van der Waals surface area contributed by atoms with Crippen LogP contribution in [0, 0.1) is 6.92 Å². The second-order valence-electron chi connectivity index (χ2n) is 2.28. The van der Waals surface area contributed by atoms with Crippen LogP contribution in [0.2, 0.25) is 0 Å². The number of aryl methyl sites for hydroxylation is 1. The molecule has 12 heavy (non-hydrogen) atoms. The summed E-state index contributed by atoms with van der Waals surface area (Å²) in [6.07, 6.45) is 1.77. The molecule has 0 bridgehead atoms. The van der Waals surface area contributed by atoms with Crippen LogP contribution in [0.25, 0.3) is 0 Å². The molecule has 0 unspecified atom stereocenters. The number of anilines is 1. The molecular formula is C8H8N2O2. The van der Waals surface area contributed by atoms with Gasteiger partial charge in [-0.1, -0.05) is 6.07 Å². The fourth-order valence-electron chi connectivity index (χ4n) is 0.763. The molecule has 0 aliphatic rings.